The Balaban J connectivity index is 1.86. The fraction of sp³-hybridized carbons (Fsp3) is 0.562. The summed E-state index contributed by atoms with van der Waals surface area (Å²) < 4.78 is 0. The quantitative estimate of drug-likeness (QED) is 0.0982. The third-order valence-electron chi connectivity index (χ3n) is 7.27. The number of benzene rings is 2. The van der Waals surface area contributed by atoms with E-state index in [1.165, 1.54) is 12.4 Å². The van der Waals surface area contributed by atoms with Gasteiger partial charge >= 0.3 is 0 Å². The Morgan fingerprint density at radius 2 is 0.975 bits per heavy atom. The molecule has 0 spiro atoms. The van der Waals surface area contributed by atoms with Crippen LogP contribution in [0.1, 0.15) is 101 Å². The van der Waals surface area contributed by atoms with E-state index in [2.05, 4.69) is 75.7 Å². The fourth-order valence-corrected chi connectivity index (χ4v) is 4.72. The maximum absolute atomic E-state index is 10.7. The predicted molar refractivity (Wildman–Crippen MR) is 164 cm³/mol. The largest absolute Gasteiger partial charge is 0.507 e. The lowest BCUT2D eigenvalue weighted by atomic mass is 9.84. The van der Waals surface area contributed by atoms with Gasteiger partial charge in [0.15, 0.2) is 0 Å². The van der Waals surface area contributed by atoms with Gasteiger partial charge in [-0.3, -0.25) is 0 Å². The van der Waals surface area contributed by atoms with Gasteiger partial charge in [-0.15, -0.1) is 0 Å². The zero-order chi connectivity index (χ0) is 30.1. The van der Waals surface area contributed by atoms with E-state index in [0.717, 1.165) is 61.0 Å². The first-order chi connectivity index (χ1) is 18.7. The Kier molecular flexibility index (Phi) is 12.0. The van der Waals surface area contributed by atoms with Crippen LogP contribution in [0.4, 0.5) is 0 Å². The van der Waals surface area contributed by atoms with Crippen molar-refractivity contribution in [3.63, 3.8) is 0 Å². The molecule has 0 unspecified atom stereocenters. The van der Waals surface area contributed by atoms with Crippen LogP contribution in [0.5, 0.6) is 11.5 Å². The zero-order valence-electron chi connectivity index (χ0n) is 25.7. The first kappa shape index (κ1) is 33.1. The molecule has 0 radical (unpaired) electrons. The Morgan fingerprint density at radius 1 is 0.625 bits per heavy atom. The van der Waals surface area contributed by atoms with Crippen molar-refractivity contribution in [3.8, 4) is 11.5 Å². The lowest BCUT2D eigenvalue weighted by Gasteiger charge is -2.24. The van der Waals surface area contributed by atoms with Crippen LogP contribution in [0.3, 0.4) is 0 Å². The highest BCUT2D eigenvalue weighted by Gasteiger charge is 2.20. The second-order valence-electron chi connectivity index (χ2n) is 13.0. The SMILES string of the molecule is CN(CCCCCCN(C)Cc1cc(C(C)(C)C)cc(/C=N/O)c1O)Cc1cc(C(C)(C)C)cc(/C=N/O)c1O. The van der Waals surface area contributed by atoms with Crippen LogP contribution in [-0.4, -0.2) is 70.0 Å². The molecule has 0 aromatic heterocycles. The molecule has 0 atom stereocenters. The molecular formula is C32H50N4O4. The van der Waals surface area contributed by atoms with Gasteiger partial charge in [-0.1, -0.05) is 76.8 Å². The molecule has 4 N–H and O–H groups in total. The molecule has 0 fully saturated rings. The normalized spacial score (nSPS) is 12.9. The van der Waals surface area contributed by atoms with Gasteiger partial charge in [0, 0.05) is 35.3 Å². The molecule has 2 rings (SSSR count). The average Bonchev–Trinajstić information content (AvgIpc) is 2.85. The Hall–Kier alpha value is -3.10. The summed E-state index contributed by atoms with van der Waals surface area (Å²) in [4.78, 5) is 4.43. The van der Waals surface area contributed by atoms with Crippen molar-refractivity contribution in [3.05, 3.63) is 57.6 Å². The van der Waals surface area contributed by atoms with Gasteiger partial charge in [0.05, 0.1) is 12.4 Å². The van der Waals surface area contributed by atoms with E-state index in [1.54, 1.807) is 0 Å². The highest BCUT2D eigenvalue weighted by Crippen LogP contribution is 2.32. The average molecular weight is 555 g/mol. The van der Waals surface area contributed by atoms with Crippen molar-refractivity contribution in [1.82, 2.24) is 9.80 Å². The zero-order valence-corrected chi connectivity index (χ0v) is 25.7. The molecule has 8 heteroatoms. The first-order valence-corrected chi connectivity index (χ1v) is 14.1. The summed E-state index contributed by atoms with van der Waals surface area (Å²) in [5.74, 6) is 0.325. The van der Waals surface area contributed by atoms with E-state index < -0.39 is 0 Å². The number of unbranched alkanes of at least 4 members (excludes halogenated alkanes) is 3. The molecule has 8 nitrogen and oxygen atoms in total. The summed E-state index contributed by atoms with van der Waals surface area (Å²) in [5, 5.41) is 45.7. The minimum Gasteiger partial charge on any atom is -0.507 e. The van der Waals surface area contributed by atoms with E-state index in [9.17, 15) is 10.2 Å². The molecule has 222 valence electrons. The minimum atomic E-state index is -0.0870. The summed E-state index contributed by atoms with van der Waals surface area (Å²) in [5.41, 5.74) is 4.72. The van der Waals surface area contributed by atoms with Gasteiger partial charge in [-0.25, -0.2) is 0 Å². The van der Waals surface area contributed by atoms with E-state index in [-0.39, 0.29) is 22.3 Å². The van der Waals surface area contributed by atoms with E-state index in [4.69, 9.17) is 10.4 Å². The number of rotatable bonds is 13. The van der Waals surface area contributed by atoms with Crippen LogP contribution >= 0.6 is 0 Å². The number of nitrogens with zero attached hydrogens (tertiary/aromatic N) is 4. The smallest absolute Gasteiger partial charge is 0.128 e. The van der Waals surface area contributed by atoms with Crippen LogP contribution in [0, 0.1) is 0 Å². The molecule has 40 heavy (non-hydrogen) atoms. The predicted octanol–water partition coefficient (Wildman–Crippen LogP) is 6.43. The van der Waals surface area contributed by atoms with Crippen molar-refractivity contribution in [2.75, 3.05) is 27.2 Å². The van der Waals surface area contributed by atoms with Gasteiger partial charge in [-0.2, -0.15) is 0 Å². The standard InChI is InChI=1S/C32H50N4O4/c1-31(2,3)27-15-23(19-33-39)29(37)25(17-27)21-35(7)13-11-9-10-12-14-36(8)22-26-18-28(32(4,5)6)16-24(20-34-40)30(26)38/h15-20,37-40H,9-14,21-22H2,1-8H3/b33-19+,34-20+. The van der Waals surface area contributed by atoms with Crippen LogP contribution < -0.4 is 0 Å². The number of oxime groups is 2. The van der Waals surface area contributed by atoms with Gasteiger partial charge in [0.25, 0.3) is 0 Å². The Morgan fingerprint density at radius 3 is 1.27 bits per heavy atom. The molecule has 0 saturated heterocycles. The highest BCUT2D eigenvalue weighted by molar-refractivity contribution is 5.84. The summed E-state index contributed by atoms with van der Waals surface area (Å²) in [6, 6.07) is 7.84. The van der Waals surface area contributed by atoms with Crippen LogP contribution in [0.2, 0.25) is 0 Å². The molecule has 0 heterocycles. The molecule has 0 saturated carbocycles. The van der Waals surface area contributed by atoms with Crippen molar-refractivity contribution in [2.45, 2.75) is 91.1 Å². The third-order valence-corrected chi connectivity index (χ3v) is 7.27. The topological polar surface area (TPSA) is 112 Å². The summed E-state index contributed by atoms with van der Waals surface area (Å²) in [6.07, 6.45) is 6.91. The van der Waals surface area contributed by atoms with E-state index in [1.807, 2.05) is 24.3 Å². The Labute approximate surface area is 240 Å². The number of phenolic OH excluding ortho intramolecular Hbond substituents is 2. The molecule has 0 aliphatic rings. The minimum absolute atomic E-state index is 0.0870. The van der Waals surface area contributed by atoms with Crippen molar-refractivity contribution >= 4 is 12.4 Å². The fourth-order valence-electron chi connectivity index (χ4n) is 4.72. The van der Waals surface area contributed by atoms with E-state index >= 15 is 0 Å². The van der Waals surface area contributed by atoms with Crippen molar-refractivity contribution < 1.29 is 20.6 Å². The second kappa shape index (κ2) is 14.5. The first-order valence-electron chi connectivity index (χ1n) is 14.1. The maximum atomic E-state index is 10.7. The Bertz CT molecular complexity index is 1070. The van der Waals surface area contributed by atoms with Crippen LogP contribution in [-0.2, 0) is 23.9 Å². The summed E-state index contributed by atoms with van der Waals surface area (Å²) in [7, 11) is 4.12. The molecule has 2 aromatic rings. The molecule has 0 aliphatic carbocycles. The summed E-state index contributed by atoms with van der Waals surface area (Å²) >= 11 is 0. The molecule has 0 bridgehead atoms. The monoisotopic (exact) mass is 554 g/mol. The second-order valence-corrected chi connectivity index (χ2v) is 13.0. The van der Waals surface area contributed by atoms with Crippen LogP contribution in [0.15, 0.2) is 34.6 Å². The van der Waals surface area contributed by atoms with Gasteiger partial charge in [-0.05, 0) is 74.1 Å². The summed E-state index contributed by atoms with van der Waals surface area (Å²) in [6.45, 7) is 15.8. The number of aromatic hydroxyl groups is 2. The molecule has 0 amide bonds. The van der Waals surface area contributed by atoms with Gasteiger partial charge in [0.1, 0.15) is 11.5 Å². The third kappa shape index (κ3) is 9.82. The van der Waals surface area contributed by atoms with Crippen molar-refractivity contribution in [2.24, 2.45) is 10.3 Å². The number of phenols is 2. The molecule has 2 aromatic carbocycles. The van der Waals surface area contributed by atoms with E-state index in [0.29, 0.717) is 24.2 Å². The lowest BCUT2D eigenvalue weighted by molar-refractivity contribution is 0.297. The van der Waals surface area contributed by atoms with Crippen molar-refractivity contribution in [1.29, 1.82) is 0 Å². The van der Waals surface area contributed by atoms with Gasteiger partial charge in [0.2, 0.25) is 0 Å². The maximum Gasteiger partial charge on any atom is 0.128 e. The molecular weight excluding hydrogens is 504 g/mol. The number of hydrogen-bond acceptors (Lipinski definition) is 8. The van der Waals surface area contributed by atoms with Crippen LogP contribution in [0.25, 0.3) is 0 Å². The lowest BCUT2D eigenvalue weighted by Crippen LogP contribution is -2.21. The molecule has 0 aliphatic heterocycles. The highest BCUT2D eigenvalue weighted by atomic mass is 16.4. The van der Waals surface area contributed by atoms with Gasteiger partial charge < -0.3 is 30.4 Å². The number of hydrogen-bond donors (Lipinski definition) is 4.